The van der Waals surface area contributed by atoms with Gasteiger partial charge >= 0.3 is 6.18 Å². The van der Waals surface area contributed by atoms with E-state index >= 15 is 0 Å². The Labute approximate surface area is 120 Å². The molecule has 21 heavy (non-hydrogen) atoms. The van der Waals surface area contributed by atoms with E-state index in [2.05, 4.69) is 15.3 Å². The molecule has 8 heteroatoms. The van der Waals surface area contributed by atoms with Gasteiger partial charge in [0.25, 0.3) is 0 Å². The average molecular weight is 306 g/mol. The van der Waals surface area contributed by atoms with Gasteiger partial charge in [-0.3, -0.25) is 0 Å². The SMILES string of the molecule is CCCNc1ncc(F)c(N2CCCC(C(F)(F)F)C2)n1. The average Bonchev–Trinajstić information content (AvgIpc) is 2.45. The minimum Gasteiger partial charge on any atom is -0.354 e. The molecular weight excluding hydrogens is 288 g/mol. The molecule has 4 nitrogen and oxygen atoms in total. The third-order valence-corrected chi connectivity index (χ3v) is 3.44. The molecule has 0 saturated carbocycles. The van der Waals surface area contributed by atoms with Crippen LogP contribution in [0.25, 0.3) is 0 Å². The van der Waals surface area contributed by atoms with E-state index < -0.39 is 17.9 Å². The fourth-order valence-electron chi connectivity index (χ4n) is 2.34. The molecule has 118 valence electrons. The minimum atomic E-state index is -4.26. The number of anilines is 2. The van der Waals surface area contributed by atoms with Crippen LogP contribution in [0.2, 0.25) is 0 Å². The molecule has 1 N–H and O–H groups in total. The van der Waals surface area contributed by atoms with Crippen LogP contribution in [0.1, 0.15) is 26.2 Å². The first kappa shape index (κ1) is 15.8. The third-order valence-electron chi connectivity index (χ3n) is 3.44. The zero-order valence-corrected chi connectivity index (χ0v) is 11.8. The second-order valence-electron chi connectivity index (χ2n) is 5.12. The Morgan fingerprint density at radius 2 is 2.19 bits per heavy atom. The molecule has 2 heterocycles. The maximum Gasteiger partial charge on any atom is 0.393 e. The highest BCUT2D eigenvalue weighted by atomic mass is 19.4. The summed E-state index contributed by atoms with van der Waals surface area (Å²) in [6, 6.07) is 0. The molecule has 0 spiro atoms. The molecule has 0 aliphatic carbocycles. The summed E-state index contributed by atoms with van der Waals surface area (Å²) in [5.41, 5.74) is 0. The molecule has 1 saturated heterocycles. The summed E-state index contributed by atoms with van der Waals surface area (Å²) in [5, 5.41) is 2.90. The lowest BCUT2D eigenvalue weighted by atomic mass is 9.97. The van der Waals surface area contributed by atoms with Crippen LogP contribution in [0.15, 0.2) is 6.20 Å². The first-order valence-corrected chi connectivity index (χ1v) is 7.00. The molecule has 0 radical (unpaired) electrons. The van der Waals surface area contributed by atoms with Crippen LogP contribution in [-0.2, 0) is 0 Å². The lowest BCUT2D eigenvalue weighted by Gasteiger charge is -2.34. The van der Waals surface area contributed by atoms with Crippen molar-refractivity contribution in [3.05, 3.63) is 12.0 Å². The summed E-state index contributed by atoms with van der Waals surface area (Å²) < 4.78 is 52.3. The van der Waals surface area contributed by atoms with Crippen LogP contribution >= 0.6 is 0 Å². The van der Waals surface area contributed by atoms with Crippen molar-refractivity contribution < 1.29 is 17.6 Å². The van der Waals surface area contributed by atoms with Crippen LogP contribution in [0.4, 0.5) is 29.3 Å². The summed E-state index contributed by atoms with van der Waals surface area (Å²) >= 11 is 0. The fraction of sp³-hybridized carbons (Fsp3) is 0.692. The Morgan fingerprint density at radius 3 is 2.86 bits per heavy atom. The van der Waals surface area contributed by atoms with E-state index in [1.165, 1.54) is 4.90 Å². The highest BCUT2D eigenvalue weighted by Crippen LogP contribution is 2.34. The highest BCUT2D eigenvalue weighted by molar-refractivity contribution is 5.44. The monoisotopic (exact) mass is 306 g/mol. The molecule has 1 atom stereocenters. The third kappa shape index (κ3) is 3.95. The summed E-state index contributed by atoms with van der Waals surface area (Å²) in [6.07, 6.45) is -1.97. The number of hydrogen-bond donors (Lipinski definition) is 1. The molecule has 1 fully saturated rings. The quantitative estimate of drug-likeness (QED) is 0.867. The Kier molecular flexibility index (Phi) is 4.84. The van der Waals surface area contributed by atoms with E-state index in [4.69, 9.17) is 0 Å². The molecule has 0 aromatic carbocycles. The van der Waals surface area contributed by atoms with Gasteiger partial charge in [0.05, 0.1) is 12.1 Å². The molecule has 0 bridgehead atoms. The van der Waals surface area contributed by atoms with Crippen molar-refractivity contribution in [2.75, 3.05) is 29.9 Å². The largest absolute Gasteiger partial charge is 0.393 e. The lowest BCUT2D eigenvalue weighted by molar-refractivity contribution is -0.176. The predicted molar refractivity (Wildman–Crippen MR) is 71.8 cm³/mol. The van der Waals surface area contributed by atoms with E-state index in [1.807, 2.05) is 6.92 Å². The molecule has 1 aromatic rings. The number of piperidine rings is 1. The topological polar surface area (TPSA) is 41.1 Å². The van der Waals surface area contributed by atoms with Crippen molar-refractivity contribution in [2.45, 2.75) is 32.4 Å². The van der Waals surface area contributed by atoms with Crippen molar-refractivity contribution in [2.24, 2.45) is 5.92 Å². The Balaban J connectivity index is 2.16. The minimum absolute atomic E-state index is 0.0578. The van der Waals surface area contributed by atoms with Crippen molar-refractivity contribution in [1.29, 1.82) is 0 Å². The van der Waals surface area contributed by atoms with Gasteiger partial charge in [0.2, 0.25) is 5.95 Å². The van der Waals surface area contributed by atoms with E-state index in [9.17, 15) is 17.6 Å². The van der Waals surface area contributed by atoms with Gasteiger partial charge in [0.1, 0.15) is 0 Å². The Morgan fingerprint density at radius 1 is 1.43 bits per heavy atom. The highest BCUT2D eigenvalue weighted by Gasteiger charge is 2.42. The van der Waals surface area contributed by atoms with Gasteiger partial charge in [0.15, 0.2) is 11.6 Å². The van der Waals surface area contributed by atoms with Crippen molar-refractivity contribution >= 4 is 11.8 Å². The van der Waals surface area contributed by atoms with Crippen LogP contribution in [-0.4, -0.2) is 35.8 Å². The van der Waals surface area contributed by atoms with E-state index in [-0.39, 0.29) is 24.7 Å². The lowest BCUT2D eigenvalue weighted by Crippen LogP contribution is -2.42. The Hall–Kier alpha value is -1.60. The van der Waals surface area contributed by atoms with Gasteiger partial charge in [-0.05, 0) is 19.3 Å². The standard InChI is InChI=1S/C13H18F4N4/c1-2-5-18-12-19-7-10(14)11(20-12)21-6-3-4-9(8-21)13(15,16)17/h7,9H,2-6,8H2,1H3,(H,18,19,20). The normalized spacial score (nSPS) is 19.7. The van der Waals surface area contributed by atoms with Crippen molar-refractivity contribution in [3.8, 4) is 0 Å². The van der Waals surface area contributed by atoms with Gasteiger partial charge < -0.3 is 10.2 Å². The molecule has 1 aliphatic heterocycles. The maximum atomic E-state index is 13.8. The number of alkyl halides is 3. The van der Waals surface area contributed by atoms with Gasteiger partial charge in [-0.1, -0.05) is 6.92 Å². The van der Waals surface area contributed by atoms with Gasteiger partial charge in [-0.15, -0.1) is 0 Å². The van der Waals surface area contributed by atoms with Gasteiger partial charge in [-0.25, -0.2) is 9.37 Å². The zero-order valence-electron chi connectivity index (χ0n) is 11.8. The summed E-state index contributed by atoms with van der Waals surface area (Å²) in [7, 11) is 0. The number of halogens is 4. The fourth-order valence-corrected chi connectivity index (χ4v) is 2.34. The molecule has 1 unspecified atom stereocenters. The molecule has 0 amide bonds. The van der Waals surface area contributed by atoms with Crippen molar-refractivity contribution in [3.63, 3.8) is 0 Å². The first-order chi connectivity index (χ1) is 9.91. The number of nitrogens with one attached hydrogen (secondary N) is 1. The van der Waals surface area contributed by atoms with Crippen LogP contribution in [0.5, 0.6) is 0 Å². The van der Waals surface area contributed by atoms with Gasteiger partial charge in [-0.2, -0.15) is 18.2 Å². The summed E-state index contributed by atoms with van der Waals surface area (Å²) in [4.78, 5) is 9.16. The van der Waals surface area contributed by atoms with E-state index in [1.54, 1.807) is 0 Å². The first-order valence-electron chi connectivity index (χ1n) is 7.00. The number of hydrogen-bond acceptors (Lipinski definition) is 4. The molecular formula is C13H18F4N4. The van der Waals surface area contributed by atoms with Crippen molar-refractivity contribution in [1.82, 2.24) is 9.97 Å². The second-order valence-corrected chi connectivity index (χ2v) is 5.12. The zero-order chi connectivity index (χ0) is 15.5. The molecule has 2 rings (SSSR count). The van der Waals surface area contributed by atoms with Crippen LogP contribution in [0, 0.1) is 11.7 Å². The molecule has 1 aliphatic rings. The van der Waals surface area contributed by atoms with Crippen LogP contribution in [0.3, 0.4) is 0 Å². The Bertz CT molecular complexity index is 478. The number of rotatable bonds is 4. The second kappa shape index (κ2) is 6.44. The predicted octanol–water partition coefficient (Wildman–Crippen LogP) is 3.22. The summed E-state index contributed by atoms with van der Waals surface area (Å²) in [5.74, 6) is -1.95. The smallest absolute Gasteiger partial charge is 0.354 e. The molecule has 1 aromatic heterocycles. The summed E-state index contributed by atoms with van der Waals surface area (Å²) in [6.45, 7) is 2.69. The van der Waals surface area contributed by atoms with E-state index in [0.29, 0.717) is 19.5 Å². The number of aromatic nitrogens is 2. The van der Waals surface area contributed by atoms with Crippen LogP contribution < -0.4 is 10.2 Å². The maximum absolute atomic E-state index is 13.8. The van der Waals surface area contributed by atoms with Gasteiger partial charge in [0, 0.05) is 19.6 Å². The van der Waals surface area contributed by atoms with E-state index in [0.717, 1.165) is 12.6 Å². The number of nitrogens with zero attached hydrogens (tertiary/aromatic N) is 3.